The van der Waals surface area contributed by atoms with Gasteiger partial charge in [0.05, 0.1) is 16.4 Å². The molecule has 5 heteroatoms. The van der Waals surface area contributed by atoms with Crippen molar-refractivity contribution in [1.82, 2.24) is 9.78 Å². The molecule has 0 saturated heterocycles. The number of aromatic nitrogens is 2. The van der Waals surface area contributed by atoms with Crippen LogP contribution < -0.4 is 5.73 Å². The lowest BCUT2D eigenvalue weighted by Gasteiger charge is -2.11. The monoisotopic (exact) mass is 263 g/mol. The Labute approximate surface area is 91.2 Å². The number of aryl methyl sites for hydroxylation is 1. The number of rotatable bonds is 4. The number of nitrogens with zero attached hydrogens (tertiary/aromatic N) is 2. The van der Waals surface area contributed by atoms with Crippen molar-refractivity contribution in [3.8, 4) is 0 Å². The highest BCUT2D eigenvalue weighted by molar-refractivity contribution is 9.10. The van der Waals surface area contributed by atoms with Crippen LogP contribution in [-0.4, -0.2) is 21.8 Å². The van der Waals surface area contributed by atoms with Crippen LogP contribution in [0.2, 0.25) is 0 Å². The van der Waals surface area contributed by atoms with Crippen LogP contribution in [0.25, 0.3) is 0 Å². The van der Waals surface area contributed by atoms with E-state index in [0.29, 0.717) is 0 Å². The number of hydrogen-bond donors (Lipinski definition) is 1. The predicted octanol–water partition coefficient (Wildman–Crippen LogP) is 1.94. The largest absolute Gasteiger partial charge is 0.323 e. The Hall–Kier alpha value is 0. The smallest absolute Gasteiger partial charge is 0.0690 e. The molecule has 74 valence electrons. The Bertz CT molecular complexity index is 255. The fourth-order valence-electron chi connectivity index (χ4n) is 1.22. The first-order valence-corrected chi connectivity index (χ1v) is 6.27. The maximum absolute atomic E-state index is 6.02. The minimum Gasteiger partial charge on any atom is -0.323 e. The Morgan fingerprint density at radius 1 is 1.77 bits per heavy atom. The second-order valence-electron chi connectivity index (χ2n) is 2.89. The number of hydrogen-bond acceptors (Lipinski definition) is 3. The van der Waals surface area contributed by atoms with Gasteiger partial charge in [-0.05, 0) is 34.4 Å². The number of nitrogens with two attached hydrogens (primary N) is 1. The fourth-order valence-corrected chi connectivity index (χ4v) is 2.35. The summed E-state index contributed by atoms with van der Waals surface area (Å²) in [6.07, 6.45) is 4.86. The van der Waals surface area contributed by atoms with Crippen molar-refractivity contribution in [2.45, 2.75) is 12.5 Å². The van der Waals surface area contributed by atoms with E-state index in [0.717, 1.165) is 22.3 Å². The molecule has 0 aliphatic rings. The van der Waals surface area contributed by atoms with E-state index in [1.807, 2.05) is 23.5 Å². The molecular formula is C8H14BrN3S. The molecule has 1 aromatic heterocycles. The summed E-state index contributed by atoms with van der Waals surface area (Å²) in [7, 11) is 1.92. The summed E-state index contributed by atoms with van der Waals surface area (Å²) in [4.78, 5) is 0. The maximum atomic E-state index is 6.02. The summed E-state index contributed by atoms with van der Waals surface area (Å²) >= 11 is 5.25. The summed E-state index contributed by atoms with van der Waals surface area (Å²) in [6.45, 7) is 0. The number of halogens is 1. The van der Waals surface area contributed by atoms with Gasteiger partial charge in [-0.2, -0.15) is 16.9 Å². The van der Waals surface area contributed by atoms with Crippen LogP contribution in [0.4, 0.5) is 0 Å². The van der Waals surface area contributed by atoms with Crippen LogP contribution in [0.15, 0.2) is 10.7 Å². The summed E-state index contributed by atoms with van der Waals surface area (Å²) in [5, 5.41) is 4.13. The van der Waals surface area contributed by atoms with Crippen LogP contribution >= 0.6 is 27.7 Å². The molecule has 0 fully saturated rings. The molecule has 1 heterocycles. The first-order chi connectivity index (χ1) is 6.16. The Kier molecular flexibility index (Phi) is 4.28. The van der Waals surface area contributed by atoms with Gasteiger partial charge in [-0.25, -0.2) is 0 Å². The molecule has 0 spiro atoms. The molecule has 0 amide bonds. The average Bonchev–Trinajstić information content (AvgIpc) is 2.42. The first kappa shape index (κ1) is 11.1. The Morgan fingerprint density at radius 2 is 2.46 bits per heavy atom. The quantitative estimate of drug-likeness (QED) is 0.903. The standard InChI is InChI=1S/C8H14BrN3S/c1-12-8(6(9)5-11-12)7(10)3-4-13-2/h5,7H,3-4,10H2,1-2H3. The highest BCUT2D eigenvalue weighted by Gasteiger charge is 2.13. The lowest BCUT2D eigenvalue weighted by atomic mass is 10.2. The summed E-state index contributed by atoms with van der Waals surface area (Å²) in [6, 6.07) is 0.0781. The molecule has 13 heavy (non-hydrogen) atoms. The molecule has 1 rings (SSSR count). The minimum atomic E-state index is 0.0781. The highest BCUT2D eigenvalue weighted by Crippen LogP contribution is 2.23. The lowest BCUT2D eigenvalue weighted by Crippen LogP contribution is -2.15. The average molecular weight is 264 g/mol. The van der Waals surface area contributed by atoms with E-state index in [9.17, 15) is 0 Å². The molecule has 0 bridgehead atoms. The van der Waals surface area contributed by atoms with Gasteiger partial charge in [0.15, 0.2) is 0 Å². The molecule has 1 aromatic rings. The molecule has 1 unspecified atom stereocenters. The van der Waals surface area contributed by atoms with Crippen LogP contribution in [0.1, 0.15) is 18.2 Å². The predicted molar refractivity (Wildman–Crippen MR) is 60.8 cm³/mol. The van der Waals surface area contributed by atoms with E-state index in [1.165, 1.54) is 0 Å². The second-order valence-corrected chi connectivity index (χ2v) is 4.73. The zero-order valence-electron chi connectivity index (χ0n) is 7.83. The van der Waals surface area contributed by atoms with Crippen LogP contribution in [0, 0.1) is 0 Å². The van der Waals surface area contributed by atoms with Crippen LogP contribution in [-0.2, 0) is 7.05 Å². The van der Waals surface area contributed by atoms with E-state index in [-0.39, 0.29) is 6.04 Å². The molecular weight excluding hydrogens is 250 g/mol. The van der Waals surface area contributed by atoms with E-state index in [1.54, 1.807) is 6.20 Å². The van der Waals surface area contributed by atoms with E-state index in [2.05, 4.69) is 27.3 Å². The first-order valence-electron chi connectivity index (χ1n) is 4.08. The highest BCUT2D eigenvalue weighted by atomic mass is 79.9. The third-order valence-corrected chi connectivity index (χ3v) is 3.18. The van der Waals surface area contributed by atoms with Crippen molar-refractivity contribution in [1.29, 1.82) is 0 Å². The zero-order valence-corrected chi connectivity index (χ0v) is 10.2. The third-order valence-electron chi connectivity index (χ3n) is 1.92. The normalized spacial score (nSPS) is 13.2. The van der Waals surface area contributed by atoms with Crippen LogP contribution in [0.5, 0.6) is 0 Å². The molecule has 0 aliphatic carbocycles. The molecule has 2 N–H and O–H groups in total. The van der Waals surface area contributed by atoms with Crippen molar-refractivity contribution in [2.75, 3.05) is 12.0 Å². The van der Waals surface area contributed by atoms with E-state index < -0.39 is 0 Å². The van der Waals surface area contributed by atoms with E-state index in [4.69, 9.17) is 5.73 Å². The fraction of sp³-hybridized carbons (Fsp3) is 0.625. The van der Waals surface area contributed by atoms with Gasteiger partial charge >= 0.3 is 0 Å². The van der Waals surface area contributed by atoms with E-state index >= 15 is 0 Å². The lowest BCUT2D eigenvalue weighted by molar-refractivity contribution is 0.607. The topological polar surface area (TPSA) is 43.8 Å². The van der Waals surface area contributed by atoms with Gasteiger partial charge in [0, 0.05) is 13.1 Å². The molecule has 1 atom stereocenters. The van der Waals surface area contributed by atoms with Gasteiger partial charge < -0.3 is 5.73 Å². The third kappa shape index (κ3) is 2.72. The van der Waals surface area contributed by atoms with Gasteiger partial charge in [0.25, 0.3) is 0 Å². The molecule has 3 nitrogen and oxygen atoms in total. The van der Waals surface area contributed by atoms with Crippen molar-refractivity contribution < 1.29 is 0 Å². The van der Waals surface area contributed by atoms with Crippen molar-refractivity contribution in [2.24, 2.45) is 12.8 Å². The Morgan fingerprint density at radius 3 is 2.92 bits per heavy atom. The number of thioether (sulfide) groups is 1. The minimum absolute atomic E-state index is 0.0781. The molecule has 0 aromatic carbocycles. The second kappa shape index (κ2) is 5.02. The van der Waals surface area contributed by atoms with Gasteiger partial charge in [0.2, 0.25) is 0 Å². The summed E-state index contributed by atoms with van der Waals surface area (Å²) < 4.78 is 2.83. The van der Waals surface area contributed by atoms with Crippen molar-refractivity contribution >= 4 is 27.7 Å². The van der Waals surface area contributed by atoms with Gasteiger partial charge in [-0.15, -0.1) is 0 Å². The molecule has 0 aliphatic heterocycles. The van der Waals surface area contributed by atoms with Gasteiger partial charge in [-0.3, -0.25) is 4.68 Å². The van der Waals surface area contributed by atoms with Crippen molar-refractivity contribution in [3.63, 3.8) is 0 Å². The van der Waals surface area contributed by atoms with Gasteiger partial charge in [-0.1, -0.05) is 0 Å². The van der Waals surface area contributed by atoms with Crippen LogP contribution in [0.3, 0.4) is 0 Å². The SMILES string of the molecule is CSCCC(N)c1c(Br)cnn1C. The maximum Gasteiger partial charge on any atom is 0.0690 e. The van der Waals surface area contributed by atoms with Crippen molar-refractivity contribution in [3.05, 3.63) is 16.4 Å². The molecule has 0 saturated carbocycles. The Balaban J connectivity index is 2.69. The molecule has 0 radical (unpaired) electrons. The zero-order chi connectivity index (χ0) is 9.84. The summed E-state index contributed by atoms with van der Waals surface area (Å²) in [5.74, 6) is 1.08. The summed E-state index contributed by atoms with van der Waals surface area (Å²) in [5.41, 5.74) is 7.10. The van der Waals surface area contributed by atoms with Gasteiger partial charge in [0.1, 0.15) is 0 Å².